The lowest BCUT2D eigenvalue weighted by atomic mass is 10.2. The first-order chi connectivity index (χ1) is 8.50. The molecule has 1 aromatic carbocycles. The van der Waals surface area contributed by atoms with Crippen molar-refractivity contribution >= 4 is 40.4 Å². The summed E-state index contributed by atoms with van der Waals surface area (Å²) in [5.74, 6) is -0.495. The smallest absolute Gasteiger partial charge is 0.243 e. The molecule has 0 aliphatic rings. The Morgan fingerprint density at radius 2 is 2.17 bits per heavy atom. The predicted octanol–water partition coefficient (Wildman–Crippen LogP) is 0.888. The molecule has 0 fully saturated rings. The number of carbonyl (C=O) groups is 1. The Hall–Kier alpha value is -1.37. The summed E-state index contributed by atoms with van der Waals surface area (Å²) in [7, 11) is 0. The zero-order chi connectivity index (χ0) is 13.5. The van der Waals surface area contributed by atoms with Gasteiger partial charge in [-0.15, -0.1) is 0 Å². The lowest BCUT2D eigenvalue weighted by Crippen LogP contribution is -2.21. The molecule has 0 heterocycles. The second-order valence-electron chi connectivity index (χ2n) is 3.50. The van der Waals surface area contributed by atoms with Gasteiger partial charge in [0, 0.05) is 22.8 Å². The van der Waals surface area contributed by atoms with Gasteiger partial charge in [-0.1, -0.05) is 23.8 Å². The van der Waals surface area contributed by atoms with E-state index in [2.05, 4.69) is 5.32 Å². The number of nitrogens with one attached hydrogen (secondary N) is 1. The van der Waals surface area contributed by atoms with E-state index in [1.165, 1.54) is 0 Å². The van der Waals surface area contributed by atoms with Crippen LogP contribution in [0.4, 0.5) is 5.69 Å². The number of ether oxygens (including phenoxy) is 1. The van der Waals surface area contributed by atoms with E-state index in [9.17, 15) is 4.79 Å². The molecule has 98 valence electrons. The zero-order valence-electron chi connectivity index (χ0n) is 9.61. The summed E-state index contributed by atoms with van der Waals surface area (Å²) in [5, 5.41) is 3.66. The Labute approximate surface area is 115 Å². The van der Waals surface area contributed by atoms with Gasteiger partial charge in [0.15, 0.2) is 0 Å². The van der Waals surface area contributed by atoms with Crippen LogP contribution in [0, 0.1) is 0 Å². The molecule has 5 nitrogen and oxygen atoms in total. The topological polar surface area (TPSA) is 90.4 Å². The molecule has 0 aromatic heterocycles. The fraction of sp³-hybridized carbons (Fsp3) is 0.273. The number of carbonyl (C=O) groups excluding carboxylic acids is 1. The molecule has 0 aliphatic heterocycles. The van der Waals surface area contributed by atoms with Crippen molar-refractivity contribution in [3.05, 3.63) is 28.8 Å². The highest BCUT2D eigenvalue weighted by Crippen LogP contribution is 2.20. The minimum atomic E-state index is -0.495. The maximum Gasteiger partial charge on any atom is 0.243 e. The zero-order valence-corrected chi connectivity index (χ0v) is 11.2. The second kappa shape index (κ2) is 7.15. The van der Waals surface area contributed by atoms with Gasteiger partial charge in [0.25, 0.3) is 0 Å². The number of amides is 1. The number of primary amides is 1. The molecule has 0 saturated heterocycles. The summed E-state index contributed by atoms with van der Waals surface area (Å²) in [5.41, 5.74) is 12.0. The van der Waals surface area contributed by atoms with Gasteiger partial charge in [0.05, 0.1) is 6.61 Å². The summed E-state index contributed by atoms with van der Waals surface area (Å²) >= 11 is 10.8. The van der Waals surface area contributed by atoms with E-state index >= 15 is 0 Å². The van der Waals surface area contributed by atoms with Crippen LogP contribution < -0.4 is 16.8 Å². The highest BCUT2D eigenvalue weighted by molar-refractivity contribution is 7.80. The van der Waals surface area contributed by atoms with Crippen molar-refractivity contribution in [1.29, 1.82) is 0 Å². The van der Waals surface area contributed by atoms with Crippen molar-refractivity contribution in [2.45, 2.75) is 0 Å². The van der Waals surface area contributed by atoms with Crippen molar-refractivity contribution in [1.82, 2.24) is 0 Å². The molecular weight excluding hydrogens is 274 g/mol. The van der Waals surface area contributed by atoms with Crippen molar-refractivity contribution in [3.63, 3.8) is 0 Å². The molecule has 0 atom stereocenters. The van der Waals surface area contributed by atoms with Crippen LogP contribution in [0.2, 0.25) is 5.02 Å². The third kappa shape index (κ3) is 4.87. The molecule has 0 aliphatic carbocycles. The number of nitrogens with two attached hydrogens (primary N) is 2. The van der Waals surface area contributed by atoms with Crippen LogP contribution >= 0.6 is 23.8 Å². The van der Waals surface area contributed by atoms with E-state index in [1.54, 1.807) is 18.2 Å². The fourth-order valence-corrected chi connectivity index (χ4v) is 1.65. The maximum atomic E-state index is 10.4. The number of anilines is 1. The van der Waals surface area contributed by atoms with E-state index in [0.29, 0.717) is 23.7 Å². The van der Waals surface area contributed by atoms with E-state index in [1.807, 2.05) is 0 Å². The molecular formula is C11H14ClN3O2S. The monoisotopic (exact) mass is 287 g/mol. The molecule has 0 radical (unpaired) electrons. The molecule has 1 amide bonds. The van der Waals surface area contributed by atoms with Gasteiger partial charge in [0.2, 0.25) is 5.91 Å². The summed E-state index contributed by atoms with van der Waals surface area (Å²) in [4.78, 5) is 10.7. The minimum Gasteiger partial charge on any atom is -0.389 e. The molecule has 0 bridgehead atoms. The van der Waals surface area contributed by atoms with Crippen molar-refractivity contribution in [2.75, 3.05) is 25.1 Å². The fourth-order valence-electron chi connectivity index (χ4n) is 1.31. The Balaban J connectivity index is 2.51. The van der Waals surface area contributed by atoms with Crippen LogP contribution in [0.15, 0.2) is 18.2 Å². The number of halogens is 1. The van der Waals surface area contributed by atoms with Gasteiger partial charge in [-0.3, -0.25) is 4.79 Å². The number of benzene rings is 1. The molecule has 0 spiro atoms. The SMILES string of the molecule is NC(=O)COCCNc1ccc(Cl)cc1C(N)=S. The molecule has 7 heteroatoms. The van der Waals surface area contributed by atoms with Crippen LogP contribution in [0.3, 0.4) is 0 Å². The largest absolute Gasteiger partial charge is 0.389 e. The van der Waals surface area contributed by atoms with Crippen LogP contribution in [0.1, 0.15) is 5.56 Å². The summed E-state index contributed by atoms with van der Waals surface area (Å²) < 4.78 is 5.01. The van der Waals surface area contributed by atoms with Crippen molar-refractivity contribution in [3.8, 4) is 0 Å². The molecule has 0 saturated carbocycles. The van der Waals surface area contributed by atoms with Gasteiger partial charge >= 0.3 is 0 Å². The number of hydrogen-bond donors (Lipinski definition) is 3. The quantitative estimate of drug-likeness (QED) is 0.512. The first-order valence-electron chi connectivity index (χ1n) is 5.20. The normalized spacial score (nSPS) is 10.1. The van der Waals surface area contributed by atoms with Crippen LogP contribution in [-0.2, 0) is 9.53 Å². The van der Waals surface area contributed by atoms with Gasteiger partial charge < -0.3 is 21.5 Å². The van der Waals surface area contributed by atoms with Crippen molar-refractivity contribution < 1.29 is 9.53 Å². The van der Waals surface area contributed by atoms with Crippen molar-refractivity contribution in [2.24, 2.45) is 11.5 Å². The number of thiocarbonyl (C=S) groups is 1. The van der Waals surface area contributed by atoms with Crippen LogP contribution in [0.5, 0.6) is 0 Å². The number of hydrogen-bond acceptors (Lipinski definition) is 4. The lowest BCUT2D eigenvalue weighted by Gasteiger charge is -2.11. The Morgan fingerprint density at radius 3 is 2.78 bits per heavy atom. The highest BCUT2D eigenvalue weighted by atomic mass is 35.5. The highest BCUT2D eigenvalue weighted by Gasteiger charge is 2.05. The third-order valence-corrected chi connectivity index (χ3v) is 2.51. The molecule has 5 N–H and O–H groups in total. The summed E-state index contributed by atoms with van der Waals surface area (Å²) in [6.07, 6.45) is 0. The van der Waals surface area contributed by atoms with E-state index in [0.717, 1.165) is 5.69 Å². The standard InChI is InChI=1S/C11H14ClN3O2S/c12-7-1-2-9(8(5-7)11(14)18)15-3-4-17-6-10(13)16/h1-2,5,15H,3-4,6H2,(H2,13,16)(H2,14,18). The summed E-state index contributed by atoms with van der Waals surface area (Å²) in [6.45, 7) is 0.761. The number of rotatable bonds is 7. The van der Waals surface area contributed by atoms with Crippen LogP contribution in [-0.4, -0.2) is 30.7 Å². The Morgan fingerprint density at radius 1 is 1.44 bits per heavy atom. The second-order valence-corrected chi connectivity index (χ2v) is 4.38. The first kappa shape index (κ1) is 14.7. The molecule has 1 rings (SSSR count). The van der Waals surface area contributed by atoms with Gasteiger partial charge in [0.1, 0.15) is 11.6 Å². The molecule has 18 heavy (non-hydrogen) atoms. The Kier molecular flexibility index (Phi) is 5.84. The minimum absolute atomic E-state index is 0.0928. The Bertz CT molecular complexity index is 454. The van der Waals surface area contributed by atoms with E-state index in [4.69, 9.17) is 40.0 Å². The average Bonchev–Trinajstić information content (AvgIpc) is 2.29. The first-order valence-corrected chi connectivity index (χ1v) is 5.98. The van der Waals surface area contributed by atoms with E-state index in [-0.39, 0.29) is 11.6 Å². The third-order valence-electron chi connectivity index (χ3n) is 2.05. The lowest BCUT2D eigenvalue weighted by molar-refractivity contribution is -0.122. The van der Waals surface area contributed by atoms with Gasteiger partial charge in [-0.2, -0.15) is 0 Å². The summed E-state index contributed by atoms with van der Waals surface area (Å²) in [6, 6.07) is 5.21. The predicted molar refractivity (Wildman–Crippen MR) is 75.8 cm³/mol. The van der Waals surface area contributed by atoms with Crippen LogP contribution in [0.25, 0.3) is 0 Å². The molecule has 1 aromatic rings. The van der Waals surface area contributed by atoms with Gasteiger partial charge in [-0.05, 0) is 18.2 Å². The average molecular weight is 288 g/mol. The van der Waals surface area contributed by atoms with E-state index < -0.39 is 5.91 Å². The molecule has 0 unspecified atom stereocenters. The van der Waals surface area contributed by atoms with Gasteiger partial charge in [-0.25, -0.2) is 0 Å². The maximum absolute atomic E-state index is 10.4.